The van der Waals surface area contributed by atoms with Gasteiger partial charge in [0.05, 0.1) is 0 Å². The average molecular weight is 506 g/mol. The summed E-state index contributed by atoms with van der Waals surface area (Å²) >= 11 is 6.20. The fourth-order valence-electron chi connectivity index (χ4n) is 3.85. The van der Waals surface area contributed by atoms with Gasteiger partial charge in [-0.05, 0) is 0 Å². The first-order valence-electron chi connectivity index (χ1n) is 10.1. The van der Waals surface area contributed by atoms with Crippen LogP contribution < -0.4 is 21.2 Å². The molecule has 31 heavy (non-hydrogen) atoms. The van der Waals surface area contributed by atoms with Crippen molar-refractivity contribution in [1.29, 1.82) is 0 Å². The zero-order chi connectivity index (χ0) is 21.6. The Morgan fingerprint density at radius 2 is 1.00 bits per heavy atom. The van der Waals surface area contributed by atoms with E-state index >= 15 is 0 Å². The number of benzene rings is 4. The van der Waals surface area contributed by atoms with Crippen LogP contribution in [0.3, 0.4) is 0 Å². The van der Waals surface area contributed by atoms with E-state index in [1.54, 1.807) is 11.8 Å². The predicted octanol–water partition coefficient (Wildman–Crippen LogP) is 7.10. The van der Waals surface area contributed by atoms with Crippen molar-refractivity contribution >= 4 is 54.2 Å². The molecule has 0 fully saturated rings. The van der Waals surface area contributed by atoms with Gasteiger partial charge in [-0.25, -0.2) is 0 Å². The maximum atomic E-state index is 4.47. The van der Waals surface area contributed by atoms with Crippen LogP contribution in [-0.4, -0.2) is 6.26 Å². The van der Waals surface area contributed by atoms with Crippen LogP contribution in [-0.2, 0) is 0 Å². The fourth-order valence-corrected chi connectivity index (χ4v) is 12.4. The molecule has 4 heteroatoms. The van der Waals surface area contributed by atoms with Crippen LogP contribution in [0.1, 0.15) is 0 Å². The molecule has 4 rings (SSSR count). The van der Waals surface area contributed by atoms with Crippen molar-refractivity contribution in [2.45, 2.75) is 0 Å². The zero-order valence-corrected chi connectivity index (χ0v) is 20.7. The molecule has 0 aliphatic heterocycles. The Bertz CT molecular complexity index is 1050. The van der Waals surface area contributed by atoms with Crippen molar-refractivity contribution in [3.63, 3.8) is 0 Å². The molecule has 1 N–H and O–H groups in total. The minimum absolute atomic E-state index is 1.08. The molecule has 0 radical (unpaired) electrons. The minimum atomic E-state index is -3.11. The van der Waals surface area contributed by atoms with E-state index in [9.17, 15) is 0 Å². The van der Waals surface area contributed by atoms with Gasteiger partial charge < -0.3 is 0 Å². The number of para-hydroxylation sites is 1. The monoisotopic (exact) mass is 505 g/mol. The van der Waals surface area contributed by atoms with Gasteiger partial charge in [-0.1, -0.05) is 0 Å². The molecule has 0 aromatic heterocycles. The molecule has 0 aliphatic carbocycles. The van der Waals surface area contributed by atoms with Crippen molar-refractivity contribution in [2.75, 3.05) is 11.6 Å². The van der Waals surface area contributed by atoms with Crippen LogP contribution in [0, 0.1) is 0 Å². The summed E-state index contributed by atoms with van der Waals surface area (Å²) in [6, 6.07) is 42.8. The average Bonchev–Trinajstić information content (AvgIpc) is 2.86. The van der Waals surface area contributed by atoms with Crippen LogP contribution >= 0.6 is 32.6 Å². The van der Waals surface area contributed by atoms with E-state index in [1.807, 2.05) is 6.07 Å². The predicted molar refractivity (Wildman–Crippen MR) is 146 cm³/mol. The Morgan fingerprint density at radius 1 is 0.645 bits per heavy atom. The van der Waals surface area contributed by atoms with E-state index in [0.29, 0.717) is 0 Å². The van der Waals surface area contributed by atoms with Gasteiger partial charge in [0.15, 0.2) is 0 Å². The summed E-state index contributed by atoms with van der Waals surface area (Å²) in [5.41, 5.74) is 1.08. The summed E-state index contributed by atoms with van der Waals surface area (Å²) in [5.74, 6) is 2.43. The standard InChI is InChI=1S/C27H25BrNPS/c1-31-27(29-23-14-6-2-7-15-23)22-30(28,24-16-8-3-9-17-24,25-18-10-4-11-19-25)26-20-12-5-13-21-26/h2-22,29H,1H3/b27-22+. The molecule has 4 aromatic rings. The van der Waals surface area contributed by atoms with Gasteiger partial charge in [0.2, 0.25) is 0 Å². The van der Waals surface area contributed by atoms with Gasteiger partial charge in [-0.3, -0.25) is 0 Å². The van der Waals surface area contributed by atoms with Crippen LogP contribution in [0.4, 0.5) is 5.69 Å². The van der Waals surface area contributed by atoms with Gasteiger partial charge in [0, 0.05) is 0 Å². The quantitative estimate of drug-likeness (QED) is 0.269. The first kappa shape index (κ1) is 21.9. The maximum absolute atomic E-state index is 4.47. The molecule has 156 valence electrons. The third kappa shape index (κ3) is 4.23. The number of hydrogen-bond donors (Lipinski definition) is 1. The first-order chi connectivity index (χ1) is 15.1. The van der Waals surface area contributed by atoms with E-state index in [1.165, 1.54) is 15.9 Å². The summed E-state index contributed by atoms with van der Waals surface area (Å²) in [7, 11) is 0. The Labute approximate surface area is 197 Å². The second-order valence-electron chi connectivity index (χ2n) is 7.27. The first-order valence-corrected chi connectivity index (χ1v) is 15.7. The van der Waals surface area contributed by atoms with Crippen molar-refractivity contribution < 1.29 is 0 Å². The molecular formula is C27H25BrNPS. The molecule has 0 heterocycles. The van der Waals surface area contributed by atoms with Crippen LogP contribution in [0.15, 0.2) is 132 Å². The number of hydrogen-bond acceptors (Lipinski definition) is 2. The number of anilines is 1. The van der Waals surface area contributed by atoms with Crippen molar-refractivity contribution in [3.05, 3.63) is 132 Å². The molecule has 0 unspecified atom stereocenters. The summed E-state index contributed by atoms with van der Waals surface area (Å²) in [5, 5.41) is 5.45. The third-order valence-electron chi connectivity index (χ3n) is 5.40. The topological polar surface area (TPSA) is 12.0 Å². The molecule has 0 saturated heterocycles. The van der Waals surface area contributed by atoms with Gasteiger partial charge in [-0.2, -0.15) is 0 Å². The molecule has 1 nitrogen and oxygen atoms in total. The summed E-state index contributed by atoms with van der Waals surface area (Å²) in [6.45, 7) is 0. The van der Waals surface area contributed by atoms with Gasteiger partial charge in [0.25, 0.3) is 0 Å². The molecule has 0 amide bonds. The summed E-state index contributed by atoms with van der Waals surface area (Å²) in [4.78, 5) is 0. The van der Waals surface area contributed by atoms with E-state index in [-0.39, 0.29) is 0 Å². The molecule has 4 aromatic carbocycles. The molecule has 0 bridgehead atoms. The van der Waals surface area contributed by atoms with Crippen LogP contribution in [0.5, 0.6) is 0 Å². The van der Waals surface area contributed by atoms with Crippen LogP contribution in [0.25, 0.3) is 0 Å². The number of thioether (sulfide) groups is 1. The Balaban J connectivity index is 2.05. The molecule has 0 spiro atoms. The zero-order valence-electron chi connectivity index (χ0n) is 17.4. The van der Waals surface area contributed by atoms with Crippen molar-refractivity contribution in [3.8, 4) is 0 Å². The Kier molecular flexibility index (Phi) is 6.67. The van der Waals surface area contributed by atoms with Crippen LogP contribution in [0.2, 0.25) is 0 Å². The Hall–Kier alpha value is -2.32. The van der Waals surface area contributed by atoms with Gasteiger partial charge >= 0.3 is 198 Å². The number of nitrogens with one attached hydrogen (secondary N) is 1. The second-order valence-corrected chi connectivity index (χ2v) is 16.5. The summed E-state index contributed by atoms with van der Waals surface area (Å²) in [6.07, 6.45) is 2.12. The molecule has 0 aliphatic rings. The Morgan fingerprint density at radius 3 is 1.35 bits per heavy atom. The van der Waals surface area contributed by atoms with Crippen molar-refractivity contribution in [1.82, 2.24) is 0 Å². The van der Waals surface area contributed by atoms with Gasteiger partial charge in [0.1, 0.15) is 0 Å². The van der Waals surface area contributed by atoms with E-state index in [2.05, 4.69) is 148 Å². The molecule has 0 atom stereocenters. The van der Waals surface area contributed by atoms with Gasteiger partial charge in [-0.15, -0.1) is 0 Å². The fraction of sp³-hybridized carbons (Fsp3) is 0.0370. The summed E-state index contributed by atoms with van der Waals surface area (Å²) < 4.78 is 0. The number of halogens is 1. The molecular weight excluding hydrogens is 481 g/mol. The van der Waals surface area contributed by atoms with Crippen molar-refractivity contribution in [2.24, 2.45) is 0 Å². The third-order valence-corrected chi connectivity index (χ3v) is 15.2. The SMILES string of the molecule is CS/C(=C/P(Br)(c1ccccc1)(c1ccccc1)c1ccccc1)Nc1ccccc1. The van der Waals surface area contributed by atoms with E-state index < -0.39 is 5.31 Å². The second kappa shape index (κ2) is 9.44. The normalized spacial score (nSPS) is 13.2. The number of rotatable bonds is 7. The molecule has 0 saturated carbocycles. The van der Waals surface area contributed by atoms with E-state index in [4.69, 9.17) is 0 Å². The van der Waals surface area contributed by atoms with E-state index in [0.717, 1.165) is 10.7 Å².